The number of aromatic amines is 1. The predicted octanol–water partition coefficient (Wildman–Crippen LogP) is 4.92. The van der Waals surface area contributed by atoms with Gasteiger partial charge in [0.25, 0.3) is 5.56 Å². The van der Waals surface area contributed by atoms with Crippen LogP contribution in [0.15, 0.2) is 58.5 Å². The molecular weight excluding hydrogens is 420 g/mol. The number of benzene rings is 2. The van der Waals surface area contributed by atoms with Crippen LogP contribution >= 0.6 is 23.4 Å². The molecule has 154 valence electrons. The lowest BCUT2D eigenvalue weighted by atomic mass is 10.1. The van der Waals surface area contributed by atoms with Gasteiger partial charge in [-0.15, -0.1) is 0 Å². The molecule has 1 N–H and O–H groups in total. The van der Waals surface area contributed by atoms with Crippen LogP contribution in [0.25, 0.3) is 17.0 Å². The van der Waals surface area contributed by atoms with Gasteiger partial charge in [-0.2, -0.15) is 0 Å². The maximum atomic E-state index is 11.8. The first-order chi connectivity index (χ1) is 14.5. The Morgan fingerprint density at radius 1 is 1.10 bits per heavy atom. The molecule has 4 aromatic rings. The number of hydrogen-bond donors (Lipinski definition) is 1. The molecule has 0 spiro atoms. The lowest BCUT2D eigenvalue weighted by Crippen LogP contribution is -2.05. The lowest BCUT2D eigenvalue weighted by molar-refractivity contribution is 0.318. The Morgan fingerprint density at radius 2 is 1.90 bits per heavy atom. The number of aromatic nitrogens is 4. The van der Waals surface area contributed by atoms with Crippen molar-refractivity contribution in [1.82, 2.24) is 19.6 Å². The number of H-pyrrole nitrogens is 1. The molecule has 30 heavy (non-hydrogen) atoms. The summed E-state index contributed by atoms with van der Waals surface area (Å²) in [5, 5.41) is 4.19. The highest BCUT2D eigenvalue weighted by atomic mass is 35.5. The quantitative estimate of drug-likeness (QED) is 0.326. The van der Waals surface area contributed by atoms with Crippen molar-refractivity contribution >= 4 is 29.0 Å². The zero-order chi connectivity index (χ0) is 21.1. The zero-order valence-corrected chi connectivity index (χ0v) is 18.3. The van der Waals surface area contributed by atoms with Crippen LogP contribution in [-0.4, -0.2) is 31.9 Å². The molecule has 0 unspecified atom stereocenters. The fraction of sp³-hybridized carbons (Fsp3) is 0.227. The molecular formula is C22H21ClN4O2S. The van der Waals surface area contributed by atoms with Crippen molar-refractivity contribution in [3.63, 3.8) is 0 Å². The summed E-state index contributed by atoms with van der Waals surface area (Å²) in [6, 6.07) is 15.1. The molecule has 0 saturated heterocycles. The summed E-state index contributed by atoms with van der Waals surface area (Å²) < 4.78 is 7.44. The van der Waals surface area contributed by atoms with Crippen LogP contribution in [0, 0.1) is 13.8 Å². The van der Waals surface area contributed by atoms with Crippen LogP contribution in [0.1, 0.15) is 17.5 Å². The van der Waals surface area contributed by atoms with Crippen LogP contribution in [0.2, 0.25) is 5.02 Å². The van der Waals surface area contributed by atoms with Gasteiger partial charge in [0.15, 0.2) is 16.6 Å². The van der Waals surface area contributed by atoms with Crippen molar-refractivity contribution < 1.29 is 4.74 Å². The largest absolute Gasteiger partial charge is 0.494 e. The molecule has 0 aliphatic rings. The monoisotopic (exact) mass is 440 g/mol. The van der Waals surface area contributed by atoms with Crippen molar-refractivity contribution in [2.75, 3.05) is 12.4 Å². The van der Waals surface area contributed by atoms with E-state index in [9.17, 15) is 4.79 Å². The summed E-state index contributed by atoms with van der Waals surface area (Å²) in [6.45, 7) is 4.57. The second kappa shape index (κ2) is 8.93. The van der Waals surface area contributed by atoms with Gasteiger partial charge >= 0.3 is 0 Å². The van der Waals surface area contributed by atoms with Crippen molar-refractivity contribution in [1.29, 1.82) is 0 Å². The van der Waals surface area contributed by atoms with E-state index in [1.807, 2.05) is 56.3 Å². The van der Waals surface area contributed by atoms with Crippen LogP contribution in [-0.2, 0) is 0 Å². The molecule has 2 aromatic carbocycles. The lowest BCUT2D eigenvalue weighted by Gasteiger charge is -2.09. The number of nitrogens with zero attached hydrogens (tertiary/aromatic N) is 3. The van der Waals surface area contributed by atoms with Gasteiger partial charge in [0.2, 0.25) is 0 Å². The van der Waals surface area contributed by atoms with Crippen LogP contribution in [0.3, 0.4) is 0 Å². The van der Waals surface area contributed by atoms with Gasteiger partial charge in [0.1, 0.15) is 5.75 Å². The fourth-order valence-electron chi connectivity index (χ4n) is 2.93. The van der Waals surface area contributed by atoms with E-state index in [-0.39, 0.29) is 5.56 Å². The number of fused-ring (bicyclic) bond motifs is 1. The first-order valence-electron chi connectivity index (χ1n) is 9.58. The Hall–Kier alpha value is -2.77. The third-order valence-electron chi connectivity index (χ3n) is 4.55. The topological polar surface area (TPSA) is 72.3 Å². The van der Waals surface area contributed by atoms with E-state index in [1.165, 1.54) is 11.6 Å². The van der Waals surface area contributed by atoms with Crippen molar-refractivity contribution in [2.45, 2.75) is 25.4 Å². The zero-order valence-electron chi connectivity index (χ0n) is 16.7. The van der Waals surface area contributed by atoms with E-state index in [0.29, 0.717) is 23.2 Å². The molecule has 6 nitrogen and oxygen atoms in total. The molecule has 0 radical (unpaired) electrons. The van der Waals surface area contributed by atoms with Crippen molar-refractivity contribution in [2.24, 2.45) is 0 Å². The molecule has 4 rings (SSSR count). The van der Waals surface area contributed by atoms with Crippen LogP contribution in [0.5, 0.6) is 5.75 Å². The average molecular weight is 441 g/mol. The molecule has 0 saturated carbocycles. The summed E-state index contributed by atoms with van der Waals surface area (Å²) >= 11 is 7.60. The third kappa shape index (κ3) is 4.68. The minimum atomic E-state index is -0.200. The van der Waals surface area contributed by atoms with E-state index >= 15 is 0 Å². The van der Waals surface area contributed by atoms with Crippen molar-refractivity contribution in [3.05, 3.63) is 75.0 Å². The molecule has 0 aliphatic carbocycles. The highest BCUT2D eigenvalue weighted by Crippen LogP contribution is 2.23. The Morgan fingerprint density at radius 3 is 2.67 bits per heavy atom. The van der Waals surface area contributed by atoms with Gasteiger partial charge in [-0.3, -0.25) is 9.89 Å². The van der Waals surface area contributed by atoms with Gasteiger partial charge in [-0.1, -0.05) is 53.2 Å². The number of nitrogens with one attached hydrogen (secondary N) is 1. The van der Waals surface area contributed by atoms with E-state index in [0.717, 1.165) is 34.1 Å². The maximum Gasteiger partial charge on any atom is 0.266 e. The predicted molar refractivity (Wildman–Crippen MR) is 121 cm³/mol. The van der Waals surface area contributed by atoms with E-state index in [4.69, 9.17) is 16.3 Å². The van der Waals surface area contributed by atoms with Crippen LogP contribution < -0.4 is 10.3 Å². The minimum Gasteiger partial charge on any atom is -0.494 e. The first kappa shape index (κ1) is 20.5. The van der Waals surface area contributed by atoms with Crippen LogP contribution in [0.4, 0.5) is 0 Å². The van der Waals surface area contributed by atoms with Gasteiger partial charge in [-0.05, 0) is 44.0 Å². The van der Waals surface area contributed by atoms with Gasteiger partial charge in [0.05, 0.1) is 6.61 Å². The van der Waals surface area contributed by atoms with E-state index in [1.54, 1.807) is 16.3 Å². The Kier molecular flexibility index (Phi) is 6.11. The van der Waals surface area contributed by atoms with Crippen molar-refractivity contribution in [3.8, 4) is 17.1 Å². The second-order valence-electron chi connectivity index (χ2n) is 6.97. The maximum absolute atomic E-state index is 11.8. The summed E-state index contributed by atoms with van der Waals surface area (Å²) in [4.78, 5) is 21.0. The van der Waals surface area contributed by atoms with E-state index < -0.39 is 0 Å². The normalized spacial score (nSPS) is 11.2. The summed E-state index contributed by atoms with van der Waals surface area (Å²) in [6.07, 6.45) is 0.823. The highest BCUT2D eigenvalue weighted by Gasteiger charge is 2.11. The molecule has 8 heteroatoms. The van der Waals surface area contributed by atoms with E-state index in [2.05, 4.69) is 15.1 Å². The molecule has 0 bridgehead atoms. The number of halogens is 1. The number of hydrogen-bond acceptors (Lipinski definition) is 5. The minimum absolute atomic E-state index is 0.200. The van der Waals surface area contributed by atoms with Gasteiger partial charge < -0.3 is 4.74 Å². The molecule has 0 aliphatic heterocycles. The third-order valence-corrected chi connectivity index (χ3v) is 6.00. The summed E-state index contributed by atoms with van der Waals surface area (Å²) in [5.41, 5.74) is 3.44. The Balaban J connectivity index is 1.45. The molecule has 0 amide bonds. The number of ether oxygens (including phenoxy) is 1. The molecule has 2 aromatic heterocycles. The summed E-state index contributed by atoms with van der Waals surface area (Å²) in [5.74, 6) is 2.19. The molecule has 0 atom stereocenters. The Labute approximate surface area is 183 Å². The first-order valence-corrected chi connectivity index (χ1v) is 10.9. The second-order valence-corrected chi connectivity index (χ2v) is 8.44. The van der Waals surface area contributed by atoms with Gasteiger partial charge in [-0.25, -0.2) is 14.5 Å². The fourth-order valence-corrected chi connectivity index (χ4v) is 3.91. The SMILES string of the molecule is Cc1ccc(-c2nc(SCCCOc3ccc(Cl)c(C)c3)n3[nH]c(=O)cc3n2)cc1. The molecule has 2 heterocycles. The number of rotatable bonds is 7. The highest BCUT2D eigenvalue weighted by molar-refractivity contribution is 7.99. The smallest absolute Gasteiger partial charge is 0.266 e. The number of aryl methyl sites for hydroxylation is 2. The molecule has 0 fully saturated rings. The summed E-state index contributed by atoms with van der Waals surface area (Å²) in [7, 11) is 0. The van der Waals surface area contributed by atoms with Gasteiger partial charge in [0, 0.05) is 22.4 Å². The standard InChI is InChI=1S/C22H21ClN4O2S/c1-14-4-6-16(7-5-14)21-24-19-13-20(28)26-27(19)22(25-21)30-11-3-10-29-17-8-9-18(23)15(2)12-17/h4-9,12-13H,3,10-11H2,1-2H3,(H,26,28). The Bertz CT molecular complexity index is 1230. The average Bonchev–Trinajstić information content (AvgIpc) is 3.11. The number of thioether (sulfide) groups is 1.